The van der Waals surface area contributed by atoms with E-state index >= 15 is 0 Å². The highest BCUT2D eigenvalue weighted by Gasteiger charge is 2.23. The molecule has 1 saturated carbocycles. The van der Waals surface area contributed by atoms with Crippen molar-refractivity contribution in [1.82, 2.24) is 9.88 Å². The number of hydrogen-bond acceptors (Lipinski definition) is 5. The van der Waals surface area contributed by atoms with E-state index in [4.69, 9.17) is 0 Å². The van der Waals surface area contributed by atoms with Gasteiger partial charge in [0.15, 0.2) is 5.78 Å². The fourth-order valence-electron chi connectivity index (χ4n) is 4.66. The molecule has 1 aliphatic rings. The van der Waals surface area contributed by atoms with Crippen molar-refractivity contribution < 1.29 is 9.90 Å². The van der Waals surface area contributed by atoms with E-state index in [-0.39, 0.29) is 36.3 Å². The van der Waals surface area contributed by atoms with Gasteiger partial charge in [-0.05, 0) is 88.0 Å². The Morgan fingerprint density at radius 1 is 1.03 bits per heavy atom. The summed E-state index contributed by atoms with van der Waals surface area (Å²) in [4.78, 5) is 19.2. The SMILES string of the molecule is CC(=O)c1cnc2ccc(-c3ccc(O)cc3)cc2c1NC1CCC(CN(C)C)CC1.Cl.Cl. The van der Waals surface area contributed by atoms with E-state index in [0.717, 1.165) is 53.0 Å². The van der Waals surface area contributed by atoms with Crippen LogP contribution >= 0.6 is 24.8 Å². The van der Waals surface area contributed by atoms with Crippen molar-refractivity contribution in [1.29, 1.82) is 0 Å². The molecule has 33 heavy (non-hydrogen) atoms. The highest BCUT2D eigenvalue weighted by Crippen LogP contribution is 2.34. The molecule has 0 unspecified atom stereocenters. The number of aromatic nitrogens is 1. The molecule has 0 radical (unpaired) electrons. The minimum absolute atomic E-state index is 0. The Morgan fingerprint density at radius 3 is 2.27 bits per heavy atom. The number of phenols is 1. The number of anilines is 1. The van der Waals surface area contributed by atoms with Gasteiger partial charge >= 0.3 is 0 Å². The first-order valence-electron chi connectivity index (χ1n) is 11.0. The average Bonchev–Trinajstić information content (AvgIpc) is 2.75. The fourth-order valence-corrected chi connectivity index (χ4v) is 4.66. The van der Waals surface area contributed by atoms with Crippen molar-refractivity contribution in [3.63, 3.8) is 0 Å². The first-order chi connectivity index (χ1) is 14.9. The lowest BCUT2D eigenvalue weighted by Crippen LogP contribution is -2.31. The minimum Gasteiger partial charge on any atom is -0.508 e. The van der Waals surface area contributed by atoms with Crippen molar-refractivity contribution in [2.75, 3.05) is 26.0 Å². The van der Waals surface area contributed by atoms with E-state index < -0.39 is 0 Å². The molecular formula is C26H33Cl2N3O2. The second-order valence-corrected chi connectivity index (χ2v) is 9.01. The van der Waals surface area contributed by atoms with Gasteiger partial charge in [0.2, 0.25) is 0 Å². The Kier molecular flexibility index (Phi) is 9.53. The Labute approximate surface area is 208 Å². The first-order valence-corrected chi connectivity index (χ1v) is 11.0. The molecule has 0 atom stereocenters. The summed E-state index contributed by atoms with van der Waals surface area (Å²) in [5, 5.41) is 14.3. The number of phenolic OH excluding ortho intramolecular Hbond substituents is 1. The number of Topliss-reactive ketones (excluding diaryl/α,β-unsaturated/α-hetero) is 1. The predicted octanol–water partition coefficient (Wildman–Crippen LogP) is 6.19. The molecule has 1 aromatic heterocycles. The number of pyridine rings is 1. The second kappa shape index (κ2) is 11.7. The van der Waals surface area contributed by atoms with Crippen molar-refractivity contribution in [3.05, 3.63) is 54.2 Å². The highest BCUT2D eigenvalue weighted by molar-refractivity contribution is 6.07. The molecule has 4 rings (SSSR count). The molecule has 178 valence electrons. The van der Waals surface area contributed by atoms with Crippen LogP contribution in [-0.4, -0.2) is 47.5 Å². The topological polar surface area (TPSA) is 65.5 Å². The number of halogens is 2. The number of carbonyl (C=O) groups excluding carboxylic acids is 1. The number of hydrogen-bond donors (Lipinski definition) is 2. The summed E-state index contributed by atoms with van der Waals surface area (Å²) in [6.07, 6.45) is 6.32. The van der Waals surface area contributed by atoms with E-state index in [2.05, 4.69) is 35.4 Å². The van der Waals surface area contributed by atoms with Gasteiger partial charge in [0.05, 0.1) is 16.8 Å². The van der Waals surface area contributed by atoms with Gasteiger partial charge in [-0.2, -0.15) is 0 Å². The van der Waals surface area contributed by atoms with Gasteiger partial charge in [0.1, 0.15) is 5.75 Å². The monoisotopic (exact) mass is 489 g/mol. The van der Waals surface area contributed by atoms with Gasteiger partial charge in [-0.1, -0.05) is 18.2 Å². The maximum atomic E-state index is 12.4. The molecule has 0 spiro atoms. The third kappa shape index (κ3) is 6.38. The van der Waals surface area contributed by atoms with Gasteiger partial charge in [0, 0.05) is 24.2 Å². The Morgan fingerprint density at radius 2 is 1.67 bits per heavy atom. The summed E-state index contributed by atoms with van der Waals surface area (Å²) in [5.41, 5.74) is 4.46. The summed E-state index contributed by atoms with van der Waals surface area (Å²) in [5.74, 6) is 1.01. The van der Waals surface area contributed by atoms with Crippen LogP contribution < -0.4 is 5.32 Å². The van der Waals surface area contributed by atoms with Crippen LogP contribution in [0.2, 0.25) is 0 Å². The molecule has 0 saturated heterocycles. The summed E-state index contributed by atoms with van der Waals surface area (Å²) >= 11 is 0. The summed E-state index contributed by atoms with van der Waals surface area (Å²) in [7, 11) is 4.27. The molecule has 0 aliphatic heterocycles. The van der Waals surface area contributed by atoms with Crippen LogP contribution in [-0.2, 0) is 0 Å². The molecule has 1 heterocycles. The maximum Gasteiger partial charge on any atom is 0.163 e. The van der Waals surface area contributed by atoms with Gasteiger partial charge in [-0.3, -0.25) is 9.78 Å². The van der Waals surface area contributed by atoms with E-state index in [1.165, 1.54) is 12.8 Å². The fraction of sp³-hybridized carbons (Fsp3) is 0.385. The molecule has 2 aromatic carbocycles. The third-order valence-corrected chi connectivity index (χ3v) is 6.27. The number of fused-ring (bicyclic) bond motifs is 1. The van der Waals surface area contributed by atoms with Crippen molar-refractivity contribution in [3.8, 4) is 16.9 Å². The molecule has 0 amide bonds. The van der Waals surface area contributed by atoms with Crippen molar-refractivity contribution in [2.24, 2.45) is 5.92 Å². The van der Waals surface area contributed by atoms with E-state index in [9.17, 15) is 9.90 Å². The lowest BCUT2D eigenvalue weighted by molar-refractivity contribution is 0.101. The van der Waals surface area contributed by atoms with Gasteiger partial charge in [-0.15, -0.1) is 24.8 Å². The van der Waals surface area contributed by atoms with Crippen LogP contribution in [0.25, 0.3) is 22.0 Å². The third-order valence-electron chi connectivity index (χ3n) is 6.27. The second-order valence-electron chi connectivity index (χ2n) is 9.01. The van der Waals surface area contributed by atoms with Crippen molar-refractivity contribution >= 4 is 47.2 Å². The lowest BCUT2D eigenvalue weighted by Gasteiger charge is -2.32. The van der Waals surface area contributed by atoms with E-state index in [1.54, 1.807) is 25.3 Å². The Bertz CT molecular complexity index is 1080. The Balaban J connectivity index is 0.00000193. The van der Waals surface area contributed by atoms with Crippen LogP contribution in [0.5, 0.6) is 5.75 Å². The zero-order valence-corrected chi connectivity index (χ0v) is 21.0. The number of nitrogens with one attached hydrogen (secondary N) is 1. The average molecular weight is 490 g/mol. The predicted molar refractivity (Wildman–Crippen MR) is 141 cm³/mol. The van der Waals surface area contributed by atoms with Crippen LogP contribution in [0.4, 0.5) is 5.69 Å². The normalized spacial score (nSPS) is 17.8. The number of aromatic hydroxyl groups is 1. The van der Waals surface area contributed by atoms with Crippen LogP contribution in [0.15, 0.2) is 48.7 Å². The standard InChI is InChI=1S/C26H31N3O2.2ClH/c1-17(30)24-15-27-25-13-8-20(19-6-11-22(31)12-7-19)14-23(25)26(24)28-21-9-4-18(5-10-21)16-29(2)3;;/h6-8,11-15,18,21,31H,4-5,9-10,16H2,1-3H3,(H,27,28);2*1H. The largest absolute Gasteiger partial charge is 0.508 e. The molecule has 3 aromatic rings. The summed E-state index contributed by atoms with van der Waals surface area (Å²) in [6.45, 7) is 2.74. The van der Waals surface area contributed by atoms with E-state index in [0.29, 0.717) is 11.6 Å². The first kappa shape index (κ1) is 26.9. The van der Waals surface area contributed by atoms with Crippen molar-refractivity contribution in [2.45, 2.75) is 38.6 Å². The molecular weight excluding hydrogens is 457 g/mol. The quantitative estimate of drug-likeness (QED) is 0.404. The molecule has 5 nitrogen and oxygen atoms in total. The summed E-state index contributed by atoms with van der Waals surface area (Å²) < 4.78 is 0. The minimum atomic E-state index is 0. The van der Waals surface area contributed by atoms with Crippen LogP contribution in [0, 0.1) is 5.92 Å². The van der Waals surface area contributed by atoms with E-state index in [1.807, 2.05) is 24.3 Å². The molecule has 2 N–H and O–H groups in total. The number of ketones is 1. The molecule has 0 bridgehead atoms. The highest BCUT2D eigenvalue weighted by atomic mass is 35.5. The summed E-state index contributed by atoms with van der Waals surface area (Å²) in [6, 6.07) is 13.7. The molecule has 1 fully saturated rings. The zero-order chi connectivity index (χ0) is 22.0. The van der Waals surface area contributed by atoms with Crippen LogP contribution in [0.3, 0.4) is 0 Å². The number of benzene rings is 2. The lowest BCUT2D eigenvalue weighted by atomic mass is 9.85. The molecule has 1 aliphatic carbocycles. The Hall–Kier alpha value is -2.34. The zero-order valence-electron chi connectivity index (χ0n) is 19.4. The van der Waals surface area contributed by atoms with Gasteiger partial charge in [-0.25, -0.2) is 0 Å². The smallest absolute Gasteiger partial charge is 0.163 e. The number of carbonyl (C=O) groups is 1. The van der Waals surface area contributed by atoms with Crippen LogP contribution in [0.1, 0.15) is 43.0 Å². The molecule has 7 heteroatoms. The van der Waals surface area contributed by atoms with Gasteiger partial charge < -0.3 is 15.3 Å². The van der Waals surface area contributed by atoms with Gasteiger partial charge in [0.25, 0.3) is 0 Å². The maximum absolute atomic E-state index is 12.4. The number of rotatable bonds is 6. The number of nitrogens with zero attached hydrogens (tertiary/aromatic N) is 2.